The number of para-hydroxylation sites is 1. The average molecular weight is 565 g/mol. The second-order valence-electron chi connectivity index (χ2n) is 10.4. The molecular weight excluding hydrogens is 528 g/mol. The summed E-state index contributed by atoms with van der Waals surface area (Å²) in [4.78, 5) is 59.8. The summed E-state index contributed by atoms with van der Waals surface area (Å²) in [6, 6.07) is 6.32. The molecule has 1 saturated heterocycles. The van der Waals surface area contributed by atoms with Gasteiger partial charge in [-0.2, -0.15) is 4.98 Å². The van der Waals surface area contributed by atoms with Gasteiger partial charge < -0.3 is 20.1 Å². The first-order valence-electron chi connectivity index (χ1n) is 13.6. The molecular formula is C29H36N6O6. The first-order chi connectivity index (χ1) is 19.5. The molecule has 0 radical (unpaired) electrons. The van der Waals surface area contributed by atoms with Crippen LogP contribution in [0.15, 0.2) is 33.9 Å². The lowest BCUT2D eigenvalue weighted by atomic mass is 10.1. The van der Waals surface area contributed by atoms with Crippen molar-refractivity contribution in [1.29, 1.82) is 0 Å². The van der Waals surface area contributed by atoms with Crippen molar-refractivity contribution < 1.29 is 19.1 Å². The molecule has 1 atom stereocenters. The van der Waals surface area contributed by atoms with Gasteiger partial charge in [0.05, 0.1) is 25.3 Å². The van der Waals surface area contributed by atoms with Crippen LogP contribution in [-0.2, 0) is 29.7 Å². The minimum Gasteiger partial charge on any atom is -0.475 e. The maximum Gasteiger partial charge on any atom is 0.349 e. The van der Waals surface area contributed by atoms with Gasteiger partial charge in [0.1, 0.15) is 5.75 Å². The molecule has 2 aromatic heterocycles. The largest absolute Gasteiger partial charge is 0.475 e. The quantitative estimate of drug-likeness (QED) is 0.232. The number of carbonyl (C=O) groups is 2. The third kappa shape index (κ3) is 5.90. The van der Waals surface area contributed by atoms with Crippen molar-refractivity contribution in [3.8, 4) is 17.6 Å². The lowest BCUT2D eigenvalue weighted by Crippen LogP contribution is -2.44. The molecule has 12 heteroatoms. The van der Waals surface area contributed by atoms with Gasteiger partial charge in [-0.15, -0.1) is 5.92 Å². The summed E-state index contributed by atoms with van der Waals surface area (Å²) >= 11 is 0. The number of piperidine rings is 1. The molecule has 12 nitrogen and oxygen atoms in total. The Balaban J connectivity index is 1.78. The number of aryl methyl sites for hydroxylation is 1. The highest BCUT2D eigenvalue weighted by atomic mass is 16.6. The second-order valence-corrected chi connectivity index (χ2v) is 10.4. The number of esters is 1. The van der Waals surface area contributed by atoms with E-state index in [1.807, 2.05) is 4.90 Å². The number of carbonyl (C=O) groups excluding carboxylic acids is 2. The fourth-order valence-electron chi connectivity index (χ4n) is 4.88. The lowest BCUT2D eigenvalue weighted by molar-refractivity contribution is -0.158. The highest BCUT2D eigenvalue weighted by Crippen LogP contribution is 2.26. The molecule has 41 heavy (non-hydrogen) atoms. The SMILES string of the molecule is CC#CCn1c(N2CCCC(N)C2)nc2c1c(=O)n(CC(=O)c1ccccc1OC(C)(C)C(=O)OCC)c(=O)n2C. The van der Waals surface area contributed by atoms with Crippen LogP contribution in [-0.4, -0.2) is 61.8 Å². The van der Waals surface area contributed by atoms with Crippen molar-refractivity contribution in [2.45, 2.75) is 65.3 Å². The number of imidazole rings is 1. The van der Waals surface area contributed by atoms with E-state index in [0.717, 1.165) is 17.4 Å². The topological polar surface area (TPSA) is 144 Å². The zero-order chi connectivity index (χ0) is 29.9. The third-order valence-electron chi connectivity index (χ3n) is 6.99. The number of anilines is 1. The molecule has 0 saturated carbocycles. The molecule has 1 aromatic carbocycles. The van der Waals surface area contributed by atoms with Crippen LogP contribution >= 0.6 is 0 Å². The number of benzene rings is 1. The zero-order valence-electron chi connectivity index (χ0n) is 24.1. The smallest absolute Gasteiger partial charge is 0.349 e. The molecule has 0 bridgehead atoms. The van der Waals surface area contributed by atoms with Crippen molar-refractivity contribution >= 4 is 28.9 Å². The molecule has 218 valence electrons. The number of ketones is 1. The number of fused-ring (bicyclic) bond motifs is 1. The monoisotopic (exact) mass is 564 g/mol. The van der Waals surface area contributed by atoms with Crippen LogP contribution in [0.3, 0.4) is 0 Å². The van der Waals surface area contributed by atoms with E-state index >= 15 is 0 Å². The number of Topliss-reactive ketones (excluding diaryl/α,β-unsaturated/α-hetero) is 1. The van der Waals surface area contributed by atoms with Crippen LogP contribution < -0.4 is 26.6 Å². The fraction of sp³-hybridized carbons (Fsp3) is 0.483. The number of ether oxygens (including phenoxy) is 2. The van der Waals surface area contributed by atoms with Gasteiger partial charge in [-0.05, 0) is 52.7 Å². The van der Waals surface area contributed by atoms with Crippen molar-refractivity contribution in [1.82, 2.24) is 18.7 Å². The normalized spacial score (nSPS) is 15.4. The van der Waals surface area contributed by atoms with Gasteiger partial charge in [0, 0.05) is 26.2 Å². The molecule has 3 aromatic rings. The number of hydrogen-bond donors (Lipinski definition) is 1. The Morgan fingerprint density at radius 2 is 1.93 bits per heavy atom. The van der Waals surface area contributed by atoms with Crippen molar-refractivity contribution in [3.05, 3.63) is 50.7 Å². The van der Waals surface area contributed by atoms with Crippen LogP contribution in [0.25, 0.3) is 11.2 Å². The summed E-state index contributed by atoms with van der Waals surface area (Å²) < 4.78 is 14.8. The third-order valence-corrected chi connectivity index (χ3v) is 6.99. The van der Waals surface area contributed by atoms with E-state index in [0.29, 0.717) is 19.0 Å². The molecule has 4 rings (SSSR count). The minimum absolute atomic E-state index is 0.0385. The van der Waals surface area contributed by atoms with Gasteiger partial charge >= 0.3 is 11.7 Å². The van der Waals surface area contributed by atoms with E-state index in [4.69, 9.17) is 15.2 Å². The summed E-state index contributed by atoms with van der Waals surface area (Å²) in [5, 5.41) is 0. The fourth-order valence-corrected chi connectivity index (χ4v) is 4.88. The van der Waals surface area contributed by atoms with Crippen molar-refractivity contribution in [2.24, 2.45) is 12.8 Å². The molecule has 1 aliphatic rings. The van der Waals surface area contributed by atoms with Crippen molar-refractivity contribution in [2.75, 3.05) is 24.6 Å². The Hall–Kier alpha value is -4.37. The van der Waals surface area contributed by atoms with Gasteiger partial charge in [-0.25, -0.2) is 9.59 Å². The summed E-state index contributed by atoms with van der Waals surface area (Å²) in [7, 11) is 1.51. The van der Waals surface area contributed by atoms with Gasteiger partial charge in [-0.1, -0.05) is 18.1 Å². The molecule has 0 spiro atoms. The summed E-state index contributed by atoms with van der Waals surface area (Å²) in [5.74, 6) is 5.34. The van der Waals surface area contributed by atoms with Crippen molar-refractivity contribution in [3.63, 3.8) is 0 Å². The van der Waals surface area contributed by atoms with Crippen LogP contribution in [0.1, 0.15) is 50.9 Å². The van der Waals surface area contributed by atoms with Crippen LogP contribution in [0.2, 0.25) is 0 Å². The Labute approximate surface area is 237 Å². The standard InChI is InChI=1S/C29H36N6O6/c1-6-8-16-34-23-24(31-27(34)33-15-11-12-19(30)17-33)32(5)28(39)35(25(23)37)18-21(36)20-13-9-10-14-22(20)41-29(3,4)26(38)40-7-2/h9-10,13-14,19H,7,11-12,15-18,30H2,1-5H3. The predicted molar refractivity (Wildman–Crippen MR) is 154 cm³/mol. The Morgan fingerprint density at radius 1 is 1.20 bits per heavy atom. The van der Waals surface area contributed by atoms with Crippen LogP contribution in [0.4, 0.5) is 5.95 Å². The van der Waals surface area contributed by atoms with Crippen LogP contribution in [0.5, 0.6) is 5.75 Å². The summed E-state index contributed by atoms with van der Waals surface area (Å²) in [6.07, 6.45) is 1.76. The number of hydrogen-bond acceptors (Lipinski definition) is 9. The number of nitrogens with two attached hydrogens (primary N) is 1. The molecule has 2 N–H and O–H groups in total. The molecule has 0 amide bonds. The van der Waals surface area contributed by atoms with E-state index in [2.05, 4.69) is 16.8 Å². The number of aromatic nitrogens is 4. The zero-order valence-corrected chi connectivity index (χ0v) is 24.1. The van der Waals surface area contributed by atoms with E-state index < -0.39 is 35.1 Å². The first-order valence-corrected chi connectivity index (χ1v) is 13.6. The highest BCUT2D eigenvalue weighted by molar-refractivity contribution is 5.98. The first kappa shape index (κ1) is 29.6. The van der Waals surface area contributed by atoms with Gasteiger partial charge in [-0.3, -0.25) is 23.3 Å². The van der Waals surface area contributed by atoms with E-state index in [1.165, 1.54) is 31.5 Å². The molecule has 1 aliphatic heterocycles. The highest BCUT2D eigenvalue weighted by Gasteiger charge is 2.33. The summed E-state index contributed by atoms with van der Waals surface area (Å²) in [6.45, 7) is 7.52. The maximum atomic E-state index is 13.8. The Morgan fingerprint density at radius 3 is 2.61 bits per heavy atom. The predicted octanol–water partition coefficient (Wildman–Crippen LogP) is 1.45. The number of rotatable bonds is 9. The molecule has 3 heterocycles. The van der Waals surface area contributed by atoms with E-state index in [-0.39, 0.29) is 41.7 Å². The van der Waals surface area contributed by atoms with Crippen LogP contribution in [0, 0.1) is 11.8 Å². The Bertz CT molecular complexity index is 1650. The molecule has 0 aliphatic carbocycles. The number of nitrogens with zero attached hydrogens (tertiary/aromatic N) is 5. The van der Waals surface area contributed by atoms with Gasteiger partial charge in [0.25, 0.3) is 5.56 Å². The lowest BCUT2D eigenvalue weighted by Gasteiger charge is -2.31. The molecule has 1 fully saturated rings. The maximum absolute atomic E-state index is 13.8. The van der Waals surface area contributed by atoms with Gasteiger partial charge in [0.2, 0.25) is 5.95 Å². The van der Waals surface area contributed by atoms with E-state index in [9.17, 15) is 19.2 Å². The minimum atomic E-state index is -1.38. The Kier molecular flexibility index (Phi) is 8.68. The average Bonchev–Trinajstić information content (AvgIpc) is 3.33. The summed E-state index contributed by atoms with van der Waals surface area (Å²) in [5.41, 5.74) is 3.98. The second kappa shape index (κ2) is 12.0. The molecule has 1 unspecified atom stereocenters. The van der Waals surface area contributed by atoms with E-state index in [1.54, 1.807) is 36.6 Å². The van der Waals surface area contributed by atoms with Gasteiger partial charge in [0.15, 0.2) is 22.5 Å².